The van der Waals surface area contributed by atoms with Gasteiger partial charge in [-0.15, -0.1) is 0 Å². The number of aliphatic hydroxyl groups is 1. The number of halogens is 1. The third-order valence-electron chi connectivity index (χ3n) is 3.60. The lowest BCUT2D eigenvalue weighted by Gasteiger charge is -2.34. The monoisotopic (exact) mass is 336 g/mol. The standard InChI is InChI=1S/C14H17BrN4O/c15-12-1-2-13-11(9-12)10-16-14(17-13)19-5-3-18(4-6-19)7-8-20/h1-2,9-10,20H,3-8H2. The lowest BCUT2D eigenvalue weighted by atomic mass is 10.2. The molecule has 1 aromatic carbocycles. The van der Waals surface area contributed by atoms with Crippen molar-refractivity contribution in [1.82, 2.24) is 14.9 Å². The van der Waals surface area contributed by atoms with Gasteiger partial charge in [0.05, 0.1) is 12.1 Å². The van der Waals surface area contributed by atoms with Crippen LogP contribution in [0.25, 0.3) is 10.9 Å². The number of rotatable bonds is 3. The van der Waals surface area contributed by atoms with Gasteiger partial charge in [-0.25, -0.2) is 9.97 Å². The van der Waals surface area contributed by atoms with E-state index in [2.05, 4.69) is 35.7 Å². The van der Waals surface area contributed by atoms with Crippen LogP contribution in [0.5, 0.6) is 0 Å². The van der Waals surface area contributed by atoms with Gasteiger partial charge >= 0.3 is 0 Å². The fourth-order valence-corrected chi connectivity index (χ4v) is 2.84. The van der Waals surface area contributed by atoms with Gasteiger partial charge in [0.25, 0.3) is 0 Å². The molecule has 0 atom stereocenters. The summed E-state index contributed by atoms with van der Waals surface area (Å²) in [6, 6.07) is 6.03. The molecule has 0 bridgehead atoms. The minimum Gasteiger partial charge on any atom is -0.395 e. The molecule has 0 amide bonds. The molecule has 2 aromatic rings. The fraction of sp³-hybridized carbons (Fsp3) is 0.429. The molecule has 0 aliphatic carbocycles. The molecule has 1 aliphatic heterocycles. The van der Waals surface area contributed by atoms with Crippen LogP contribution in [0, 0.1) is 0 Å². The summed E-state index contributed by atoms with van der Waals surface area (Å²) in [7, 11) is 0. The van der Waals surface area contributed by atoms with E-state index in [0.717, 1.165) is 54.0 Å². The Bertz CT molecular complexity index is 599. The molecule has 0 spiro atoms. The van der Waals surface area contributed by atoms with E-state index in [9.17, 15) is 0 Å². The Kier molecular flexibility index (Phi) is 4.14. The number of nitrogens with zero attached hydrogens (tertiary/aromatic N) is 4. The second-order valence-corrected chi connectivity index (χ2v) is 5.84. The molecule has 1 fully saturated rings. The molecule has 1 saturated heterocycles. The highest BCUT2D eigenvalue weighted by molar-refractivity contribution is 9.10. The number of hydrogen-bond donors (Lipinski definition) is 1. The molecule has 1 N–H and O–H groups in total. The van der Waals surface area contributed by atoms with Crippen molar-refractivity contribution in [3.05, 3.63) is 28.9 Å². The van der Waals surface area contributed by atoms with Crippen LogP contribution in [0.4, 0.5) is 5.95 Å². The normalized spacial score (nSPS) is 16.8. The quantitative estimate of drug-likeness (QED) is 0.920. The Hall–Kier alpha value is -1.24. The number of piperazine rings is 1. The van der Waals surface area contributed by atoms with E-state index >= 15 is 0 Å². The molecular weight excluding hydrogens is 320 g/mol. The molecule has 0 radical (unpaired) electrons. The maximum Gasteiger partial charge on any atom is 0.225 e. The maximum absolute atomic E-state index is 8.96. The van der Waals surface area contributed by atoms with Crippen molar-refractivity contribution in [3.63, 3.8) is 0 Å². The molecule has 1 aromatic heterocycles. The van der Waals surface area contributed by atoms with Crippen LogP contribution >= 0.6 is 15.9 Å². The summed E-state index contributed by atoms with van der Waals surface area (Å²) in [5.74, 6) is 0.795. The minimum atomic E-state index is 0.224. The maximum atomic E-state index is 8.96. The average Bonchev–Trinajstić information content (AvgIpc) is 2.48. The van der Waals surface area contributed by atoms with Crippen molar-refractivity contribution in [1.29, 1.82) is 0 Å². The summed E-state index contributed by atoms with van der Waals surface area (Å²) in [5.41, 5.74) is 0.969. The molecule has 6 heteroatoms. The highest BCUT2D eigenvalue weighted by Gasteiger charge is 2.18. The van der Waals surface area contributed by atoms with Crippen molar-refractivity contribution < 1.29 is 5.11 Å². The number of aliphatic hydroxyl groups excluding tert-OH is 1. The van der Waals surface area contributed by atoms with E-state index in [1.54, 1.807) is 0 Å². The van der Waals surface area contributed by atoms with Crippen LogP contribution < -0.4 is 4.90 Å². The van der Waals surface area contributed by atoms with Gasteiger partial charge in [0.2, 0.25) is 5.95 Å². The molecule has 20 heavy (non-hydrogen) atoms. The molecule has 5 nitrogen and oxygen atoms in total. The van der Waals surface area contributed by atoms with Gasteiger partial charge in [0.1, 0.15) is 0 Å². The van der Waals surface area contributed by atoms with Crippen molar-refractivity contribution in [2.45, 2.75) is 0 Å². The second kappa shape index (κ2) is 6.03. The fourth-order valence-electron chi connectivity index (χ4n) is 2.46. The van der Waals surface area contributed by atoms with Crippen LogP contribution in [0.3, 0.4) is 0 Å². The number of benzene rings is 1. The molecule has 0 saturated carbocycles. The Labute approximate surface area is 126 Å². The second-order valence-electron chi connectivity index (χ2n) is 4.93. The summed E-state index contributed by atoms with van der Waals surface area (Å²) in [5, 5.41) is 10.0. The Morgan fingerprint density at radius 2 is 2.00 bits per heavy atom. The highest BCUT2D eigenvalue weighted by Crippen LogP contribution is 2.20. The van der Waals surface area contributed by atoms with Gasteiger partial charge in [-0.2, -0.15) is 0 Å². The Balaban J connectivity index is 1.76. The zero-order valence-corrected chi connectivity index (χ0v) is 12.8. The van der Waals surface area contributed by atoms with Crippen LogP contribution in [0.2, 0.25) is 0 Å². The zero-order valence-electron chi connectivity index (χ0n) is 11.2. The first-order chi connectivity index (χ1) is 9.76. The lowest BCUT2D eigenvalue weighted by Crippen LogP contribution is -2.47. The van der Waals surface area contributed by atoms with Gasteiger partial charge in [0, 0.05) is 48.8 Å². The summed E-state index contributed by atoms with van der Waals surface area (Å²) in [4.78, 5) is 13.6. The van der Waals surface area contributed by atoms with E-state index in [1.807, 2.05) is 24.4 Å². The van der Waals surface area contributed by atoms with Crippen molar-refractivity contribution in [3.8, 4) is 0 Å². The van der Waals surface area contributed by atoms with Gasteiger partial charge < -0.3 is 10.0 Å². The smallest absolute Gasteiger partial charge is 0.225 e. The van der Waals surface area contributed by atoms with Crippen molar-refractivity contribution in [2.75, 3.05) is 44.2 Å². The van der Waals surface area contributed by atoms with E-state index in [1.165, 1.54) is 0 Å². The first-order valence-electron chi connectivity index (χ1n) is 6.77. The molecule has 3 rings (SSSR count). The van der Waals surface area contributed by atoms with E-state index in [4.69, 9.17) is 5.11 Å². The van der Waals surface area contributed by atoms with Crippen molar-refractivity contribution in [2.24, 2.45) is 0 Å². The van der Waals surface area contributed by atoms with Crippen LogP contribution in [0.1, 0.15) is 0 Å². The summed E-state index contributed by atoms with van der Waals surface area (Å²) in [6.07, 6.45) is 1.88. The predicted molar refractivity (Wildman–Crippen MR) is 83.0 cm³/mol. The highest BCUT2D eigenvalue weighted by atomic mass is 79.9. The third-order valence-corrected chi connectivity index (χ3v) is 4.09. The van der Waals surface area contributed by atoms with E-state index in [-0.39, 0.29) is 6.61 Å². The molecule has 2 heterocycles. The molecule has 1 aliphatic rings. The van der Waals surface area contributed by atoms with Crippen molar-refractivity contribution >= 4 is 32.8 Å². The van der Waals surface area contributed by atoms with Gasteiger partial charge in [0.15, 0.2) is 0 Å². The summed E-state index contributed by atoms with van der Waals surface area (Å²) < 4.78 is 1.04. The van der Waals surface area contributed by atoms with E-state index < -0.39 is 0 Å². The number of hydrogen-bond acceptors (Lipinski definition) is 5. The van der Waals surface area contributed by atoms with Crippen LogP contribution in [-0.4, -0.2) is 59.3 Å². The summed E-state index contributed by atoms with van der Waals surface area (Å²) in [6.45, 7) is 4.68. The first-order valence-corrected chi connectivity index (χ1v) is 7.56. The lowest BCUT2D eigenvalue weighted by molar-refractivity contribution is 0.188. The first kappa shape index (κ1) is 13.7. The Morgan fingerprint density at radius 1 is 1.20 bits per heavy atom. The topological polar surface area (TPSA) is 52.5 Å². The number of aromatic nitrogens is 2. The minimum absolute atomic E-state index is 0.224. The van der Waals surface area contributed by atoms with Crippen LogP contribution in [-0.2, 0) is 0 Å². The van der Waals surface area contributed by atoms with E-state index in [0.29, 0.717) is 0 Å². The largest absolute Gasteiger partial charge is 0.395 e. The Morgan fingerprint density at radius 3 is 2.75 bits per heavy atom. The zero-order chi connectivity index (χ0) is 13.9. The number of anilines is 1. The molecular formula is C14H17BrN4O. The average molecular weight is 337 g/mol. The van der Waals surface area contributed by atoms with Gasteiger partial charge in [-0.3, -0.25) is 4.90 Å². The molecule has 106 valence electrons. The third kappa shape index (κ3) is 2.92. The van der Waals surface area contributed by atoms with Gasteiger partial charge in [-0.05, 0) is 18.2 Å². The SMILES string of the molecule is OCCN1CCN(c2ncc3cc(Br)ccc3n2)CC1. The summed E-state index contributed by atoms with van der Waals surface area (Å²) >= 11 is 3.46. The molecule has 0 unspecified atom stereocenters. The van der Waals surface area contributed by atoms with Crippen LogP contribution in [0.15, 0.2) is 28.9 Å². The van der Waals surface area contributed by atoms with Gasteiger partial charge in [-0.1, -0.05) is 15.9 Å². The number of β-amino-alcohol motifs (C(OH)–C–C–N with tert-alkyl or cyclic N) is 1. The predicted octanol–water partition coefficient (Wildman–Crippen LogP) is 1.51. The number of fused-ring (bicyclic) bond motifs is 1.